The summed E-state index contributed by atoms with van der Waals surface area (Å²) in [4.78, 5) is 15.9. The van der Waals surface area contributed by atoms with Gasteiger partial charge in [-0.1, -0.05) is 0 Å². The molecule has 0 aliphatic rings. The zero-order chi connectivity index (χ0) is 13.7. The number of likely N-dealkylation sites (N-methyl/N-ethyl adjacent to an activating group) is 1. The van der Waals surface area contributed by atoms with Crippen LogP contribution in [0.5, 0.6) is 0 Å². The van der Waals surface area contributed by atoms with E-state index in [0.29, 0.717) is 12.2 Å². The van der Waals surface area contributed by atoms with E-state index in [1.807, 2.05) is 50.2 Å². The van der Waals surface area contributed by atoms with Gasteiger partial charge in [0.1, 0.15) is 0 Å². The number of anilines is 1. The number of ether oxygens (including phenoxy) is 1. The summed E-state index contributed by atoms with van der Waals surface area (Å²) in [5.74, 6) is 0.0184. The van der Waals surface area contributed by atoms with Crippen molar-refractivity contribution in [1.29, 1.82) is 0 Å². The minimum absolute atomic E-state index is 0.0184. The lowest BCUT2D eigenvalue weighted by atomic mass is 10.1. The fourth-order valence-electron chi connectivity index (χ4n) is 1.66. The van der Waals surface area contributed by atoms with E-state index >= 15 is 0 Å². The summed E-state index contributed by atoms with van der Waals surface area (Å²) in [6.07, 6.45) is 0. The molecule has 1 amide bonds. The van der Waals surface area contributed by atoms with Gasteiger partial charge < -0.3 is 14.5 Å². The highest BCUT2D eigenvalue weighted by Gasteiger charge is 2.17. The van der Waals surface area contributed by atoms with Crippen LogP contribution < -0.4 is 4.90 Å². The molecule has 100 valence electrons. The highest BCUT2D eigenvalue weighted by molar-refractivity contribution is 5.94. The van der Waals surface area contributed by atoms with Crippen molar-refractivity contribution in [3.63, 3.8) is 0 Å². The van der Waals surface area contributed by atoms with E-state index in [0.717, 1.165) is 5.69 Å². The zero-order valence-electron chi connectivity index (χ0n) is 11.8. The molecule has 0 spiro atoms. The van der Waals surface area contributed by atoms with Crippen LogP contribution in [-0.4, -0.2) is 51.7 Å². The molecular formula is C14H22N2O2. The molecule has 1 aromatic carbocycles. The Morgan fingerprint density at radius 2 is 1.78 bits per heavy atom. The van der Waals surface area contributed by atoms with Crippen LogP contribution in [0.4, 0.5) is 5.69 Å². The van der Waals surface area contributed by atoms with Gasteiger partial charge in [0.15, 0.2) is 0 Å². The number of benzene rings is 1. The first-order valence-electron chi connectivity index (χ1n) is 6.01. The van der Waals surface area contributed by atoms with E-state index in [2.05, 4.69) is 0 Å². The maximum atomic E-state index is 12.2. The quantitative estimate of drug-likeness (QED) is 0.799. The first-order valence-corrected chi connectivity index (χ1v) is 6.01. The summed E-state index contributed by atoms with van der Waals surface area (Å²) in [7, 11) is 7.39. The Morgan fingerprint density at radius 1 is 1.22 bits per heavy atom. The number of methoxy groups -OCH3 is 1. The second-order valence-corrected chi connectivity index (χ2v) is 4.66. The van der Waals surface area contributed by atoms with Crippen molar-refractivity contribution in [2.24, 2.45) is 0 Å². The fraction of sp³-hybridized carbons (Fsp3) is 0.500. The molecule has 1 atom stereocenters. The smallest absolute Gasteiger partial charge is 0.253 e. The Labute approximate surface area is 109 Å². The van der Waals surface area contributed by atoms with E-state index < -0.39 is 0 Å². The Kier molecular flexibility index (Phi) is 5.16. The minimum atomic E-state index is 0.0184. The summed E-state index contributed by atoms with van der Waals surface area (Å²) in [5.41, 5.74) is 1.78. The fourth-order valence-corrected chi connectivity index (χ4v) is 1.66. The number of carbonyl (C=O) groups is 1. The number of rotatable bonds is 5. The molecule has 0 bridgehead atoms. The Hall–Kier alpha value is -1.55. The molecule has 1 aromatic rings. The van der Waals surface area contributed by atoms with Gasteiger partial charge in [0.2, 0.25) is 0 Å². The minimum Gasteiger partial charge on any atom is -0.383 e. The largest absolute Gasteiger partial charge is 0.383 e. The van der Waals surface area contributed by atoms with E-state index in [1.165, 1.54) is 0 Å². The van der Waals surface area contributed by atoms with Gasteiger partial charge in [0.05, 0.1) is 12.6 Å². The predicted octanol–water partition coefficient (Wildman–Crippen LogP) is 1.86. The lowest BCUT2D eigenvalue weighted by molar-refractivity contribution is 0.0633. The van der Waals surface area contributed by atoms with Crippen molar-refractivity contribution in [2.45, 2.75) is 13.0 Å². The average molecular weight is 250 g/mol. The van der Waals surface area contributed by atoms with Crippen LogP contribution in [0.25, 0.3) is 0 Å². The molecule has 1 rings (SSSR count). The van der Waals surface area contributed by atoms with Crippen molar-refractivity contribution in [3.05, 3.63) is 29.8 Å². The normalized spacial score (nSPS) is 12.1. The van der Waals surface area contributed by atoms with Crippen LogP contribution in [-0.2, 0) is 4.74 Å². The molecule has 0 fully saturated rings. The van der Waals surface area contributed by atoms with Crippen molar-refractivity contribution >= 4 is 11.6 Å². The molecule has 0 saturated heterocycles. The molecule has 0 saturated carbocycles. The van der Waals surface area contributed by atoms with Crippen LogP contribution >= 0.6 is 0 Å². The summed E-state index contributed by atoms with van der Waals surface area (Å²) in [5, 5.41) is 0. The maximum absolute atomic E-state index is 12.2. The highest BCUT2D eigenvalue weighted by Crippen LogP contribution is 2.14. The van der Waals surface area contributed by atoms with Crippen LogP contribution in [0.1, 0.15) is 17.3 Å². The number of carbonyl (C=O) groups excluding carboxylic acids is 1. The number of nitrogens with zero attached hydrogens (tertiary/aromatic N) is 2. The Morgan fingerprint density at radius 3 is 2.22 bits per heavy atom. The van der Waals surface area contributed by atoms with Crippen molar-refractivity contribution in [2.75, 3.05) is 39.8 Å². The zero-order valence-corrected chi connectivity index (χ0v) is 11.8. The van der Waals surface area contributed by atoms with E-state index in [-0.39, 0.29) is 11.9 Å². The molecule has 4 nitrogen and oxygen atoms in total. The SMILES string of the molecule is COC[C@@H](C)N(C)C(=O)c1ccc(N(C)C)cc1. The second kappa shape index (κ2) is 6.40. The third-order valence-electron chi connectivity index (χ3n) is 3.02. The summed E-state index contributed by atoms with van der Waals surface area (Å²) >= 11 is 0. The lowest BCUT2D eigenvalue weighted by Crippen LogP contribution is -2.37. The summed E-state index contributed by atoms with van der Waals surface area (Å²) in [6, 6.07) is 7.67. The van der Waals surface area contributed by atoms with Crippen LogP contribution in [0.2, 0.25) is 0 Å². The van der Waals surface area contributed by atoms with Gasteiger partial charge in [0, 0.05) is 39.5 Å². The number of amides is 1. The van der Waals surface area contributed by atoms with E-state index in [9.17, 15) is 4.79 Å². The van der Waals surface area contributed by atoms with Crippen LogP contribution in [0.15, 0.2) is 24.3 Å². The summed E-state index contributed by atoms with van der Waals surface area (Å²) in [6.45, 7) is 2.51. The van der Waals surface area contributed by atoms with Gasteiger partial charge in [-0.3, -0.25) is 4.79 Å². The molecule has 4 heteroatoms. The standard InChI is InChI=1S/C14H22N2O2/c1-11(10-18-5)16(4)14(17)12-6-8-13(9-7-12)15(2)3/h6-9,11H,10H2,1-5H3/t11-/m1/s1. The molecule has 18 heavy (non-hydrogen) atoms. The van der Waals surface area contributed by atoms with Gasteiger partial charge in [-0.05, 0) is 31.2 Å². The van der Waals surface area contributed by atoms with Gasteiger partial charge in [0.25, 0.3) is 5.91 Å². The van der Waals surface area contributed by atoms with Gasteiger partial charge in [-0.2, -0.15) is 0 Å². The third kappa shape index (κ3) is 3.47. The molecule has 0 aliphatic heterocycles. The molecule has 0 heterocycles. The first kappa shape index (κ1) is 14.5. The average Bonchev–Trinajstić information content (AvgIpc) is 2.37. The van der Waals surface area contributed by atoms with Crippen molar-refractivity contribution in [1.82, 2.24) is 4.90 Å². The first-order chi connectivity index (χ1) is 8.47. The van der Waals surface area contributed by atoms with E-state index in [4.69, 9.17) is 4.74 Å². The van der Waals surface area contributed by atoms with Crippen LogP contribution in [0, 0.1) is 0 Å². The molecule has 0 aliphatic carbocycles. The number of hydrogen-bond acceptors (Lipinski definition) is 3. The topological polar surface area (TPSA) is 32.8 Å². The Balaban J connectivity index is 2.77. The molecule has 0 N–H and O–H groups in total. The highest BCUT2D eigenvalue weighted by atomic mass is 16.5. The lowest BCUT2D eigenvalue weighted by Gasteiger charge is -2.24. The van der Waals surface area contributed by atoms with Gasteiger partial charge >= 0.3 is 0 Å². The molecule has 0 radical (unpaired) electrons. The predicted molar refractivity (Wildman–Crippen MR) is 74.2 cm³/mol. The summed E-state index contributed by atoms with van der Waals surface area (Å²) < 4.78 is 5.06. The monoisotopic (exact) mass is 250 g/mol. The van der Waals surface area contributed by atoms with Gasteiger partial charge in [-0.25, -0.2) is 0 Å². The maximum Gasteiger partial charge on any atom is 0.253 e. The van der Waals surface area contributed by atoms with E-state index in [1.54, 1.807) is 19.1 Å². The van der Waals surface area contributed by atoms with Crippen molar-refractivity contribution < 1.29 is 9.53 Å². The van der Waals surface area contributed by atoms with Crippen molar-refractivity contribution in [3.8, 4) is 0 Å². The third-order valence-corrected chi connectivity index (χ3v) is 3.02. The number of hydrogen-bond donors (Lipinski definition) is 0. The molecular weight excluding hydrogens is 228 g/mol. The molecule has 0 unspecified atom stereocenters. The second-order valence-electron chi connectivity index (χ2n) is 4.66. The van der Waals surface area contributed by atoms with Gasteiger partial charge in [-0.15, -0.1) is 0 Å². The van der Waals surface area contributed by atoms with Crippen LogP contribution in [0.3, 0.4) is 0 Å². The molecule has 0 aromatic heterocycles. The Bertz CT molecular complexity index is 387.